The molecule has 0 unspecified atom stereocenters. The zero-order valence-electron chi connectivity index (χ0n) is 9.74. The van der Waals surface area contributed by atoms with E-state index in [-0.39, 0.29) is 6.03 Å². The van der Waals surface area contributed by atoms with Gasteiger partial charge in [0.2, 0.25) is 0 Å². The average Bonchev–Trinajstić information content (AvgIpc) is 2.29. The third-order valence-corrected chi connectivity index (χ3v) is 2.86. The quantitative estimate of drug-likeness (QED) is 0.712. The van der Waals surface area contributed by atoms with Crippen molar-refractivity contribution in [3.63, 3.8) is 0 Å². The van der Waals surface area contributed by atoms with Crippen molar-refractivity contribution in [2.75, 3.05) is 19.6 Å². The van der Waals surface area contributed by atoms with Crippen LogP contribution >= 0.6 is 0 Å². The van der Waals surface area contributed by atoms with E-state index in [4.69, 9.17) is 5.11 Å². The number of carbonyl (C=O) groups excluding carboxylic acids is 1. The number of nitrogens with zero attached hydrogens (tertiary/aromatic N) is 1. The summed E-state index contributed by atoms with van der Waals surface area (Å²) in [5.74, 6) is -1.20. The summed E-state index contributed by atoms with van der Waals surface area (Å²) in [6, 6.07) is -0.126. The first-order valence-electron chi connectivity index (χ1n) is 5.90. The smallest absolute Gasteiger partial charge is 0.317 e. The van der Waals surface area contributed by atoms with Crippen LogP contribution in [0.2, 0.25) is 0 Å². The van der Waals surface area contributed by atoms with Crippen molar-refractivity contribution in [3.8, 4) is 0 Å². The van der Waals surface area contributed by atoms with E-state index in [1.807, 2.05) is 0 Å². The largest absolute Gasteiger partial charge is 0.481 e. The van der Waals surface area contributed by atoms with E-state index in [0.29, 0.717) is 26.1 Å². The molecule has 1 saturated heterocycles. The van der Waals surface area contributed by atoms with Crippen molar-refractivity contribution in [1.29, 1.82) is 0 Å². The molecule has 0 bridgehead atoms. The summed E-state index contributed by atoms with van der Waals surface area (Å²) in [6.45, 7) is 3.74. The Kier molecular flexibility index (Phi) is 5.08. The van der Waals surface area contributed by atoms with Crippen LogP contribution in [0, 0.1) is 5.92 Å². The third-order valence-electron chi connectivity index (χ3n) is 2.86. The first kappa shape index (κ1) is 12.8. The number of rotatable bonds is 4. The maximum absolute atomic E-state index is 11.7. The number of amides is 2. The topological polar surface area (TPSA) is 69.6 Å². The van der Waals surface area contributed by atoms with Crippen LogP contribution in [-0.2, 0) is 4.79 Å². The van der Waals surface area contributed by atoms with Gasteiger partial charge in [-0.05, 0) is 19.3 Å². The van der Waals surface area contributed by atoms with Crippen LogP contribution in [0.15, 0.2) is 0 Å². The van der Waals surface area contributed by atoms with Crippen LogP contribution in [0.3, 0.4) is 0 Å². The van der Waals surface area contributed by atoms with Gasteiger partial charge < -0.3 is 15.3 Å². The second-order valence-corrected chi connectivity index (χ2v) is 4.21. The molecule has 0 aromatic rings. The second kappa shape index (κ2) is 6.35. The summed E-state index contributed by atoms with van der Waals surface area (Å²) in [5, 5.41) is 11.7. The van der Waals surface area contributed by atoms with Gasteiger partial charge in [0, 0.05) is 19.6 Å². The third kappa shape index (κ3) is 3.72. The molecule has 1 aliphatic heterocycles. The first-order chi connectivity index (χ1) is 7.65. The average molecular weight is 228 g/mol. The molecule has 0 spiro atoms. The van der Waals surface area contributed by atoms with Gasteiger partial charge in [0.25, 0.3) is 0 Å². The molecule has 2 amide bonds. The number of piperidine rings is 1. The molecule has 1 rings (SSSR count). The van der Waals surface area contributed by atoms with Crippen LogP contribution in [0.5, 0.6) is 0 Å². The molecule has 0 saturated carbocycles. The van der Waals surface area contributed by atoms with Crippen LogP contribution in [0.1, 0.15) is 32.6 Å². The van der Waals surface area contributed by atoms with Gasteiger partial charge in [0.05, 0.1) is 5.92 Å². The molecule has 5 nitrogen and oxygen atoms in total. The fraction of sp³-hybridized carbons (Fsp3) is 0.818. The van der Waals surface area contributed by atoms with Crippen molar-refractivity contribution < 1.29 is 14.7 Å². The van der Waals surface area contributed by atoms with E-state index in [9.17, 15) is 9.59 Å². The van der Waals surface area contributed by atoms with Gasteiger partial charge in [0.15, 0.2) is 0 Å². The number of hydrogen-bond donors (Lipinski definition) is 2. The molecule has 1 atom stereocenters. The Bertz CT molecular complexity index is 256. The minimum atomic E-state index is -0.800. The summed E-state index contributed by atoms with van der Waals surface area (Å²) >= 11 is 0. The molecule has 0 aliphatic carbocycles. The van der Waals surface area contributed by atoms with E-state index in [0.717, 1.165) is 19.3 Å². The normalized spacial score (nSPS) is 20.6. The Labute approximate surface area is 95.8 Å². The maximum Gasteiger partial charge on any atom is 0.317 e. The molecule has 1 heterocycles. The van der Waals surface area contributed by atoms with Gasteiger partial charge in [0.1, 0.15) is 0 Å². The van der Waals surface area contributed by atoms with E-state index >= 15 is 0 Å². The highest BCUT2D eigenvalue weighted by Crippen LogP contribution is 2.16. The molecule has 0 aromatic carbocycles. The van der Waals surface area contributed by atoms with Gasteiger partial charge in [-0.25, -0.2) is 4.79 Å². The Morgan fingerprint density at radius 3 is 2.88 bits per heavy atom. The van der Waals surface area contributed by atoms with Gasteiger partial charge in [-0.2, -0.15) is 0 Å². The van der Waals surface area contributed by atoms with Crippen molar-refractivity contribution in [3.05, 3.63) is 0 Å². The van der Waals surface area contributed by atoms with Crippen LogP contribution < -0.4 is 5.32 Å². The minimum Gasteiger partial charge on any atom is -0.481 e. The fourth-order valence-electron chi connectivity index (χ4n) is 1.85. The number of aliphatic carboxylic acids is 1. The summed E-state index contributed by atoms with van der Waals surface area (Å²) in [4.78, 5) is 24.1. The number of urea groups is 1. The number of hydrogen-bond acceptors (Lipinski definition) is 2. The monoisotopic (exact) mass is 228 g/mol. The molecule has 0 aromatic heterocycles. The summed E-state index contributed by atoms with van der Waals surface area (Å²) in [5.41, 5.74) is 0. The van der Waals surface area contributed by atoms with Crippen LogP contribution in [-0.4, -0.2) is 41.6 Å². The predicted octanol–water partition coefficient (Wildman–Crippen LogP) is 1.29. The van der Waals surface area contributed by atoms with Crippen LogP contribution in [0.25, 0.3) is 0 Å². The lowest BCUT2D eigenvalue weighted by molar-refractivity contribution is -0.143. The maximum atomic E-state index is 11.7. The lowest BCUT2D eigenvalue weighted by atomic mass is 9.99. The number of likely N-dealkylation sites (tertiary alicyclic amines) is 1. The highest BCUT2D eigenvalue weighted by Gasteiger charge is 2.27. The number of nitrogens with one attached hydrogen (secondary N) is 1. The number of carbonyl (C=O) groups is 2. The molecule has 1 fully saturated rings. The molecular formula is C11H20N2O3. The Morgan fingerprint density at radius 2 is 2.25 bits per heavy atom. The number of carboxylic acids is 1. The van der Waals surface area contributed by atoms with Crippen molar-refractivity contribution in [1.82, 2.24) is 10.2 Å². The molecular weight excluding hydrogens is 208 g/mol. The molecule has 5 heteroatoms. The Hall–Kier alpha value is -1.26. The highest BCUT2D eigenvalue weighted by atomic mass is 16.4. The minimum absolute atomic E-state index is 0.126. The lowest BCUT2D eigenvalue weighted by Crippen LogP contribution is -2.47. The Balaban J connectivity index is 2.35. The molecule has 1 aliphatic rings. The van der Waals surface area contributed by atoms with E-state index in [1.165, 1.54) is 0 Å². The number of carboxylic acid groups (broad SMARTS) is 1. The molecule has 0 radical (unpaired) electrons. The predicted molar refractivity (Wildman–Crippen MR) is 60.2 cm³/mol. The standard InChI is InChI=1S/C11H20N2O3/c1-2-3-6-12-11(16)13-7-4-5-9(8-13)10(14)15/h9H,2-8H2,1H3,(H,12,16)(H,14,15)/t9-/m0/s1. The second-order valence-electron chi connectivity index (χ2n) is 4.21. The van der Waals surface area contributed by atoms with E-state index in [1.54, 1.807) is 4.90 Å². The van der Waals surface area contributed by atoms with Gasteiger partial charge in [-0.15, -0.1) is 0 Å². The van der Waals surface area contributed by atoms with Gasteiger partial charge in [-0.1, -0.05) is 13.3 Å². The summed E-state index contributed by atoms with van der Waals surface area (Å²) in [7, 11) is 0. The van der Waals surface area contributed by atoms with E-state index < -0.39 is 11.9 Å². The van der Waals surface area contributed by atoms with Crippen LogP contribution in [0.4, 0.5) is 4.79 Å². The summed E-state index contributed by atoms with van der Waals surface area (Å²) < 4.78 is 0. The Morgan fingerprint density at radius 1 is 1.50 bits per heavy atom. The highest BCUT2D eigenvalue weighted by molar-refractivity contribution is 5.76. The lowest BCUT2D eigenvalue weighted by Gasteiger charge is -2.30. The van der Waals surface area contributed by atoms with Crippen molar-refractivity contribution >= 4 is 12.0 Å². The van der Waals surface area contributed by atoms with Gasteiger partial charge >= 0.3 is 12.0 Å². The molecule has 16 heavy (non-hydrogen) atoms. The molecule has 2 N–H and O–H groups in total. The number of unbranched alkanes of at least 4 members (excludes halogenated alkanes) is 1. The van der Waals surface area contributed by atoms with Crippen molar-refractivity contribution in [2.45, 2.75) is 32.6 Å². The zero-order valence-corrected chi connectivity index (χ0v) is 9.74. The zero-order chi connectivity index (χ0) is 12.0. The SMILES string of the molecule is CCCCNC(=O)N1CCC[C@H](C(=O)O)C1. The first-order valence-corrected chi connectivity index (χ1v) is 5.90. The van der Waals surface area contributed by atoms with Gasteiger partial charge in [-0.3, -0.25) is 4.79 Å². The van der Waals surface area contributed by atoms with E-state index in [2.05, 4.69) is 12.2 Å². The van der Waals surface area contributed by atoms with Crippen molar-refractivity contribution in [2.24, 2.45) is 5.92 Å². The fourth-order valence-corrected chi connectivity index (χ4v) is 1.85. The molecule has 92 valence electrons. The summed E-state index contributed by atoms with van der Waals surface area (Å²) in [6.07, 6.45) is 3.45.